The SMILES string of the molecule is C[CH-]C.C[CH-]C.[Li+]. The van der Waals surface area contributed by atoms with Crippen LogP contribution in [0.4, 0.5) is 0 Å². The molecule has 0 radical (unpaired) electrons. The van der Waals surface area contributed by atoms with Crippen molar-refractivity contribution >= 4 is 0 Å². The van der Waals surface area contributed by atoms with E-state index in [9.17, 15) is 0 Å². The Balaban J connectivity index is -0.0000000400. The monoisotopic (exact) mass is 93.1 g/mol. The molecule has 0 aliphatic rings. The van der Waals surface area contributed by atoms with Crippen LogP contribution < -0.4 is 18.9 Å². The van der Waals surface area contributed by atoms with Crippen molar-refractivity contribution in [3.63, 3.8) is 0 Å². The molecule has 0 atom stereocenters. The van der Waals surface area contributed by atoms with Gasteiger partial charge in [-0.3, -0.25) is 0 Å². The molecular formula is C6H14Li-. The van der Waals surface area contributed by atoms with Crippen molar-refractivity contribution in [1.29, 1.82) is 0 Å². The molecule has 1 heteroatoms. The van der Waals surface area contributed by atoms with Crippen molar-refractivity contribution in [2.45, 2.75) is 27.7 Å². The summed E-state index contributed by atoms with van der Waals surface area (Å²) in [6, 6.07) is 0. The maximum atomic E-state index is 2.00. The Labute approximate surface area is 59.9 Å². The summed E-state index contributed by atoms with van der Waals surface area (Å²) in [5, 5.41) is 0. The first-order valence-electron chi connectivity index (χ1n) is 2.31. The van der Waals surface area contributed by atoms with E-state index in [1.165, 1.54) is 0 Å². The molecule has 7 heavy (non-hydrogen) atoms. The Bertz CT molecular complexity index is 6.14. The first kappa shape index (κ1) is 15.6. The Kier molecular flexibility index (Phi) is 68.5. The van der Waals surface area contributed by atoms with Gasteiger partial charge in [-0.15, -0.1) is 0 Å². The minimum absolute atomic E-state index is 0. The van der Waals surface area contributed by atoms with Crippen molar-refractivity contribution in [3.05, 3.63) is 12.8 Å². The Hall–Kier alpha value is 0.597. The van der Waals surface area contributed by atoms with Crippen LogP contribution in [0.2, 0.25) is 0 Å². The van der Waals surface area contributed by atoms with Gasteiger partial charge in [0.15, 0.2) is 0 Å². The van der Waals surface area contributed by atoms with Crippen LogP contribution in [-0.4, -0.2) is 0 Å². The summed E-state index contributed by atoms with van der Waals surface area (Å²) < 4.78 is 0. The summed E-state index contributed by atoms with van der Waals surface area (Å²) in [4.78, 5) is 0. The van der Waals surface area contributed by atoms with Crippen molar-refractivity contribution < 1.29 is 18.9 Å². The molecule has 0 spiro atoms. The van der Waals surface area contributed by atoms with Crippen LogP contribution in [0.15, 0.2) is 0 Å². The summed E-state index contributed by atoms with van der Waals surface area (Å²) in [5.74, 6) is 0. The molecule has 0 saturated carbocycles. The molecule has 40 valence electrons. The van der Waals surface area contributed by atoms with Crippen LogP contribution in [0, 0.1) is 12.8 Å². The van der Waals surface area contributed by atoms with Gasteiger partial charge in [-0.2, -0.15) is 27.7 Å². The minimum atomic E-state index is 0. The molecule has 0 aromatic carbocycles. The topological polar surface area (TPSA) is 0 Å². The molecule has 0 aromatic heterocycles. The van der Waals surface area contributed by atoms with Crippen LogP contribution in [-0.2, 0) is 0 Å². The number of rotatable bonds is 0. The molecule has 0 fully saturated rings. The first-order chi connectivity index (χ1) is 2.83. The molecule has 0 unspecified atom stereocenters. The quantitative estimate of drug-likeness (QED) is 0.279. The van der Waals surface area contributed by atoms with Crippen molar-refractivity contribution in [3.8, 4) is 0 Å². The smallest absolute Gasteiger partial charge is 0.335 e. The maximum Gasteiger partial charge on any atom is 1.00 e. The molecular weight excluding hydrogens is 79.0 g/mol. The summed E-state index contributed by atoms with van der Waals surface area (Å²) in [6.45, 7) is 8.00. The van der Waals surface area contributed by atoms with Crippen molar-refractivity contribution in [2.75, 3.05) is 0 Å². The van der Waals surface area contributed by atoms with Crippen LogP contribution in [0.1, 0.15) is 27.7 Å². The normalized spacial score (nSPS) is 5.14. The molecule has 0 aliphatic heterocycles. The Morgan fingerprint density at radius 2 is 0.714 bits per heavy atom. The third kappa shape index (κ3) is 391. The van der Waals surface area contributed by atoms with Crippen LogP contribution in [0.3, 0.4) is 0 Å². The van der Waals surface area contributed by atoms with Crippen LogP contribution >= 0.6 is 0 Å². The van der Waals surface area contributed by atoms with Crippen molar-refractivity contribution in [2.24, 2.45) is 0 Å². The molecule has 0 heterocycles. The molecule has 0 amide bonds. The van der Waals surface area contributed by atoms with Crippen molar-refractivity contribution in [1.82, 2.24) is 0 Å². The molecule has 0 aliphatic carbocycles. The van der Waals surface area contributed by atoms with Gasteiger partial charge >= 0.3 is 18.9 Å². The van der Waals surface area contributed by atoms with Gasteiger partial charge in [-0.1, -0.05) is 0 Å². The standard InChI is InChI=1S/2C3H7.Li/c2*1-3-2;/h2*3H,1-2H3;/q2*-1;+1. The van der Waals surface area contributed by atoms with E-state index in [0.29, 0.717) is 0 Å². The fraction of sp³-hybridized carbons (Fsp3) is 0.667. The van der Waals surface area contributed by atoms with E-state index in [4.69, 9.17) is 0 Å². The number of hydrogen-bond acceptors (Lipinski definition) is 0. The average molecular weight is 93.1 g/mol. The van der Waals surface area contributed by atoms with E-state index >= 15 is 0 Å². The molecule has 0 N–H and O–H groups in total. The van der Waals surface area contributed by atoms with E-state index in [1.54, 1.807) is 0 Å². The van der Waals surface area contributed by atoms with Gasteiger partial charge in [0.25, 0.3) is 0 Å². The molecule has 0 bridgehead atoms. The van der Waals surface area contributed by atoms with E-state index in [-0.39, 0.29) is 18.9 Å². The Morgan fingerprint density at radius 3 is 0.714 bits per heavy atom. The van der Waals surface area contributed by atoms with Gasteiger partial charge < -0.3 is 12.8 Å². The fourth-order valence-corrected chi connectivity index (χ4v) is 0. The minimum Gasteiger partial charge on any atom is -0.335 e. The second-order valence-electron chi connectivity index (χ2n) is 1.15. The molecule has 0 rings (SSSR count). The second kappa shape index (κ2) is 30.6. The van der Waals surface area contributed by atoms with E-state index < -0.39 is 0 Å². The van der Waals surface area contributed by atoms with E-state index in [2.05, 4.69) is 0 Å². The van der Waals surface area contributed by atoms with Gasteiger partial charge in [0.2, 0.25) is 0 Å². The summed E-state index contributed by atoms with van der Waals surface area (Å²) in [6.07, 6.45) is 4.00. The first-order valence-corrected chi connectivity index (χ1v) is 2.31. The summed E-state index contributed by atoms with van der Waals surface area (Å²) in [5.41, 5.74) is 0. The molecule has 0 nitrogen and oxygen atoms in total. The largest absolute Gasteiger partial charge is 1.00 e. The zero-order valence-corrected chi connectivity index (χ0v) is 6.15. The van der Waals surface area contributed by atoms with E-state index in [1.807, 2.05) is 40.5 Å². The predicted octanol–water partition coefficient (Wildman–Crippen LogP) is -0.535. The van der Waals surface area contributed by atoms with Gasteiger partial charge in [0.05, 0.1) is 0 Å². The average Bonchev–Trinajstić information content (AvgIpc) is 1.39. The number of hydrogen-bond donors (Lipinski definition) is 0. The zero-order valence-electron chi connectivity index (χ0n) is 6.15. The van der Waals surface area contributed by atoms with Crippen LogP contribution in [0.5, 0.6) is 0 Å². The van der Waals surface area contributed by atoms with Gasteiger partial charge in [0, 0.05) is 0 Å². The van der Waals surface area contributed by atoms with E-state index in [0.717, 1.165) is 0 Å². The zero-order chi connectivity index (χ0) is 5.41. The summed E-state index contributed by atoms with van der Waals surface area (Å²) >= 11 is 0. The maximum absolute atomic E-state index is 2.00. The van der Waals surface area contributed by atoms with Gasteiger partial charge in [0.1, 0.15) is 0 Å². The predicted molar refractivity (Wildman–Crippen MR) is 31.3 cm³/mol. The van der Waals surface area contributed by atoms with Gasteiger partial charge in [-0.25, -0.2) is 0 Å². The Morgan fingerprint density at radius 1 is 0.714 bits per heavy atom. The third-order valence-corrected chi connectivity index (χ3v) is 0. The molecule has 0 saturated heterocycles. The summed E-state index contributed by atoms with van der Waals surface area (Å²) in [7, 11) is 0. The molecule has 0 aromatic rings. The van der Waals surface area contributed by atoms with Gasteiger partial charge in [-0.05, 0) is 0 Å². The second-order valence-corrected chi connectivity index (χ2v) is 1.15. The fourth-order valence-electron chi connectivity index (χ4n) is 0. The third-order valence-electron chi connectivity index (χ3n) is 0. The van der Waals surface area contributed by atoms with Crippen LogP contribution in [0.25, 0.3) is 0 Å².